The average molecular weight is 621 g/mol. The standard InChI is InChI=1S/C34H45ClN6OS/c1-4-39(5-2)18-10-12-27(3)36-33(42)30-17-9-15-29(24-30)26-43-34-37-31(35)25-32(38-34)41-22-20-40(21-23-41)19-11-16-28-13-7-6-8-14-28/h6-9,11,13-17,24-25,27H,4-5,10,12,18-23,26H2,1-3H3,(H,36,42)/b16-11+. The van der Waals surface area contributed by atoms with Crippen LogP contribution in [0.15, 0.2) is 71.9 Å². The minimum absolute atomic E-state index is 0.0295. The van der Waals surface area contributed by atoms with E-state index in [4.69, 9.17) is 16.6 Å². The number of carbonyl (C=O) groups is 1. The largest absolute Gasteiger partial charge is 0.354 e. The lowest BCUT2D eigenvalue weighted by Crippen LogP contribution is -2.46. The van der Waals surface area contributed by atoms with Crippen molar-refractivity contribution in [2.45, 2.75) is 50.6 Å². The second kappa shape index (κ2) is 17.4. The minimum Gasteiger partial charge on any atom is -0.354 e. The molecule has 3 aromatic rings. The molecule has 7 nitrogen and oxygen atoms in total. The third-order valence-corrected chi connectivity index (χ3v) is 8.88. The quantitative estimate of drug-likeness (QED) is 0.118. The highest BCUT2D eigenvalue weighted by Gasteiger charge is 2.19. The van der Waals surface area contributed by atoms with Crippen LogP contribution in [0.25, 0.3) is 6.08 Å². The third-order valence-electron chi connectivity index (χ3n) is 7.77. The molecule has 0 radical (unpaired) electrons. The first-order valence-corrected chi connectivity index (χ1v) is 16.8. The van der Waals surface area contributed by atoms with Gasteiger partial charge >= 0.3 is 0 Å². The van der Waals surface area contributed by atoms with Gasteiger partial charge < -0.3 is 15.1 Å². The summed E-state index contributed by atoms with van der Waals surface area (Å²) in [5.74, 6) is 1.49. The van der Waals surface area contributed by atoms with Gasteiger partial charge in [-0.25, -0.2) is 9.97 Å². The summed E-state index contributed by atoms with van der Waals surface area (Å²) in [5.41, 5.74) is 2.95. The molecular formula is C34H45ClN6OS. The van der Waals surface area contributed by atoms with E-state index in [0.717, 1.165) is 76.6 Å². The number of hydrogen-bond acceptors (Lipinski definition) is 7. The molecule has 1 aliphatic rings. The molecule has 0 aliphatic carbocycles. The topological polar surface area (TPSA) is 64.6 Å². The average Bonchev–Trinajstić information content (AvgIpc) is 3.03. The van der Waals surface area contributed by atoms with Gasteiger partial charge in [0.05, 0.1) is 0 Å². The van der Waals surface area contributed by atoms with Gasteiger partial charge in [0.15, 0.2) is 5.16 Å². The highest BCUT2D eigenvalue weighted by molar-refractivity contribution is 7.98. The van der Waals surface area contributed by atoms with Crippen LogP contribution in [0.1, 0.15) is 55.1 Å². The van der Waals surface area contributed by atoms with Crippen LogP contribution in [-0.2, 0) is 5.75 Å². The molecule has 0 bridgehead atoms. The van der Waals surface area contributed by atoms with Crippen molar-refractivity contribution in [2.75, 3.05) is 57.3 Å². The summed E-state index contributed by atoms with van der Waals surface area (Å²) in [6.45, 7) is 14.3. The number of piperazine rings is 1. The number of anilines is 1. The van der Waals surface area contributed by atoms with Gasteiger partial charge in [0.25, 0.3) is 5.91 Å². The van der Waals surface area contributed by atoms with Crippen molar-refractivity contribution in [3.05, 3.63) is 88.6 Å². The third kappa shape index (κ3) is 10.9. The van der Waals surface area contributed by atoms with Gasteiger partial charge in [0, 0.05) is 56.1 Å². The van der Waals surface area contributed by atoms with Crippen LogP contribution in [0.3, 0.4) is 0 Å². The predicted octanol–water partition coefficient (Wildman–Crippen LogP) is 6.50. The molecular weight excluding hydrogens is 576 g/mol. The number of nitrogens with one attached hydrogen (secondary N) is 1. The van der Waals surface area contributed by atoms with Crippen LogP contribution < -0.4 is 10.2 Å². The Hall–Kier alpha value is -2.91. The Morgan fingerprint density at radius 1 is 1.05 bits per heavy atom. The Labute approximate surface area is 266 Å². The van der Waals surface area contributed by atoms with Crippen molar-refractivity contribution < 1.29 is 4.79 Å². The fourth-order valence-electron chi connectivity index (χ4n) is 5.16. The summed E-state index contributed by atoms with van der Waals surface area (Å²) in [6, 6.07) is 20.2. The number of aromatic nitrogens is 2. The van der Waals surface area contributed by atoms with Crippen LogP contribution in [-0.4, -0.2) is 84.1 Å². The highest BCUT2D eigenvalue weighted by atomic mass is 35.5. The number of halogens is 1. The zero-order chi connectivity index (χ0) is 30.4. The summed E-state index contributed by atoms with van der Waals surface area (Å²) in [6.07, 6.45) is 6.45. The van der Waals surface area contributed by atoms with E-state index >= 15 is 0 Å². The Morgan fingerprint density at radius 3 is 2.56 bits per heavy atom. The van der Waals surface area contributed by atoms with E-state index in [-0.39, 0.29) is 11.9 Å². The van der Waals surface area contributed by atoms with Gasteiger partial charge in [-0.1, -0.05) is 91.8 Å². The molecule has 1 N–H and O–H groups in total. The van der Waals surface area contributed by atoms with Gasteiger partial charge in [-0.3, -0.25) is 9.69 Å². The number of benzene rings is 2. The maximum atomic E-state index is 12.9. The monoisotopic (exact) mass is 620 g/mol. The van der Waals surface area contributed by atoms with E-state index in [0.29, 0.717) is 21.6 Å². The van der Waals surface area contributed by atoms with E-state index in [1.807, 2.05) is 36.4 Å². The molecule has 1 unspecified atom stereocenters. The number of thioether (sulfide) groups is 1. The first-order valence-electron chi connectivity index (χ1n) is 15.4. The number of hydrogen-bond donors (Lipinski definition) is 1. The van der Waals surface area contributed by atoms with E-state index in [1.54, 1.807) is 0 Å². The maximum Gasteiger partial charge on any atom is 0.251 e. The summed E-state index contributed by atoms with van der Waals surface area (Å²) >= 11 is 7.96. The molecule has 1 saturated heterocycles. The van der Waals surface area contributed by atoms with E-state index in [9.17, 15) is 4.79 Å². The number of rotatable bonds is 15. The number of amides is 1. The molecule has 0 saturated carbocycles. The second-order valence-corrected chi connectivity index (χ2v) is 12.3. The van der Waals surface area contributed by atoms with Crippen molar-refractivity contribution in [3.8, 4) is 0 Å². The molecule has 1 atom stereocenters. The van der Waals surface area contributed by atoms with Crippen molar-refractivity contribution in [3.63, 3.8) is 0 Å². The molecule has 230 valence electrons. The van der Waals surface area contributed by atoms with Crippen molar-refractivity contribution in [1.82, 2.24) is 25.1 Å². The SMILES string of the molecule is CCN(CC)CCCC(C)NC(=O)c1cccc(CSc2nc(Cl)cc(N3CCN(C/C=C/c4ccccc4)CC3)n2)c1. The molecule has 1 amide bonds. The highest BCUT2D eigenvalue weighted by Crippen LogP contribution is 2.25. The molecule has 4 rings (SSSR count). The fraction of sp³-hybridized carbons (Fsp3) is 0.441. The van der Waals surface area contributed by atoms with Gasteiger partial charge in [-0.05, 0) is 62.7 Å². The van der Waals surface area contributed by atoms with E-state index in [2.05, 4.69) is 82.2 Å². The van der Waals surface area contributed by atoms with Crippen LogP contribution in [0.2, 0.25) is 5.15 Å². The van der Waals surface area contributed by atoms with E-state index < -0.39 is 0 Å². The Morgan fingerprint density at radius 2 is 1.81 bits per heavy atom. The maximum absolute atomic E-state index is 12.9. The van der Waals surface area contributed by atoms with Crippen LogP contribution in [0.5, 0.6) is 0 Å². The molecule has 9 heteroatoms. The molecule has 1 fully saturated rings. The lowest BCUT2D eigenvalue weighted by atomic mass is 10.1. The number of nitrogens with zero attached hydrogens (tertiary/aromatic N) is 5. The lowest BCUT2D eigenvalue weighted by Gasteiger charge is -2.35. The molecule has 1 aliphatic heterocycles. The first kappa shape index (κ1) is 33.0. The second-order valence-electron chi connectivity index (χ2n) is 11.0. The smallest absolute Gasteiger partial charge is 0.251 e. The van der Waals surface area contributed by atoms with Gasteiger partial charge in [0.1, 0.15) is 11.0 Å². The molecule has 2 aromatic carbocycles. The summed E-state index contributed by atoms with van der Waals surface area (Å²) in [7, 11) is 0. The summed E-state index contributed by atoms with van der Waals surface area (Å²) in [5, 5.41) is 4.25. The first-order chi connectivity index (χ1) is 20.9. The zero-order valence-electron chi connectivity index (χ0n) is 25.7. The van der Waals surface area contributed by atoms with Crippen LogP contribution >= 0.6 is 23.4 Å². The number of carbonyl (C=O) groups excluding carboxylic acids is 1. The molecule has 43 heavy (non-hydrogen) atoms. The van der Waals surface area contributed by atoms with Gasteiger partial charge in [-0.15, -0.1) is 0 Å². The fourth-order valence-corrected chi connectivity index (χ4v) is 6.19. The Balaban J connectivity index is 1.25. The van der Waals surface area contributed by atoms with Crippen molar-refractivity contribution in [1.29, 1.82) is 0 Å². The predicted molar refractivity (Wildman–Crippen MR) is 181 cm³/mol. The van der Waals surface area contributed by atoms with Gasteiger partial charge in [0.2, 0.25) is 0 Å². The lowest BCUT2D eigenvalue weighted by molar-refractivity contribution is 0.0937. The summed E-state index contributed by atoms with van der Waals surface area (Å²) in [4.78, 5) is 29.4. The van der Waals surface area contributed by atoms with Crippen molar-refractivity contribution in [2.24, 2.45) is 0 Å². The summed E-state index contributed by atoms with van der Waals surface area (Å²) < 4.78 is 0. The minimum atomic E-state index is -0.0295. The molecule has 1 aromatic heterocycles. The van der Waals surface area contributed by atoms with Crippen LogP contribution in [0.4, 0.5) is 5.82 Å². The van der Waals surface area contributed by atoms with Crippen LogP contribution in [0, 0.1) is 0 Å². The van der Waals surface area contributed by atoms with Crippen molar-refractivity contribution >= 4 is 41.2 Å². The van der Waals surface area contributed by atoms with Gasteiger partial charge in [-0.2, -0.15) is 0 Å². The molecule has 2 heterocycles. The van der Waals surface area contributed by atoms with E-state index in [1.165, 1.54) is 17.3 Å². The zero-order valence-corrected chi connectivity index (χ0v) is 27.3. The Bertz CT molecular complexity index is 1310. The molecule has 0 spiro atoms. The Kier molecular flexibility index (Phi) is 13.4. The normalized spacial score (nSPS) is 14.9.